The molecule has 0 aliphatic heterocycles. The minimum absolute atomic E-state index is 0.410. The second-order valence-electron chi connectivity index (χ2n) is 2.17. The summed E-state index contributed by atoms with van der Waals surface area (Å²) in [5.41, 5.74) is 6.93. The third-order valence-electron chi connectivity index (χ3n) is 1.33. The number of halogens is 1. The van der Waals surface area contributed by atoms with E-state index in [2.05, 4.69) is 11.6 Å². The number of hydrogen-bond donors (Lipinski definition) is 1. The van der Waals surface area contributed by atoms with Crippen LogP contribution in [0.3, 0.4) is 0 Å². The summed E-state index contributed by atoms with van der Waals surface area (Å²) in [4.78, 5) is 4.05. The summed E-state index contributed by atoms with van der Waals surface area (Å²) in [6.07, 6.45) is 1.64. The molecule has 0 bridgehead atoms. The Kier molecular flexibility index (Phi) is 6.20. The van der Waals surface area contributed by atoms with Crippen molar-refractivity contribution >= 4 is 17.2 Å². The van der Waals surface area contributed by atoms with Crippen molar-refractivity contribution < 1.29 is 0 Å². The van der Waals surface area contributed by atoms with Crippen LogP contribution in [0, 0.1) is 0 Å². The minimum Gasteiger partial charge on any atom is -0.326 e. The van der Waals surface area contributed by atoms with E-state index in [1.54, 1.807) is 18.3 Å². The van der Waals surface area contributed by atoms with Crippen LogP contribution in [0.4, 0.5) is 0 Å². The monoisotopic (exact) mass is 198 g/mol. The standard InChI is InChI=1S/C8H9ClN2.C2H6/c1-6(5-10)8-4-7(9)2-3-11-8;1-2/h2-4H,1,5,10H2;1-2H3. The van der Waals surface area contributed by atoms with Crippen molar-refractivity contribution in [2.24, 2.45) is 5.73 Å². The van der Waals surface area contributed by atoms with Crippen LogP contribution in [0.1, 0.15) is 19.5 Å². The van der Waals surface area contributed by atoms with Crippen LogP contribution in [0.2, 0.25) is 5.02 Å². The van der Waals surface area contributed by atoms with E-state index < -0.39 is 0 Å². The Morgan fingerprint density at radius 1 is 1.62 bits per heavy atom. The van der Waals surface area contributed by atoms with E-state index >= 15 is 0 Å². The van der Waals surface area contributed by atoms with Gasteiger partial charge in [0, 0.05) is 17.8 Å². The molecule has 0 aromatic carbocycles. The van der Waals surface area contributed by atoms with Crippen LogP contribution in [-0.2, 0) is 0 Å². The molecule has 0 atom stereocenters. The molecule has 1 heterocycles. The summed E-state index contributed by atoms with van der Waals surface area (Å²) in [6, 6.07) is 3.46. The molecule has 72 valence electrons. The van der Waals surface area contributed by atoms with E-state index in [0.717, 1.165) is 11.3 Å². The summed E-state index contributed by atoms with van der Waals surface area (Å²) >= 11 is 5.72. The van der Waals surface area contributed by atoms with Crippen LogP contribution in [0.15, 0.2) is 24.9 Å². The molecule has 0 fully saturated rings. The number of hydrogen-bond acceptors (Lipinski definition) is 2. The molecule has 2 nitrogen and oxygen atoms in total. The number of pyridine rings is 1. The highest BCUT2D eigenvalue weighted by Gasteiger charge is 1.97. The second kappa shape index (κ2) is 6.63. The minimum atomic E-state index is 0.410. The summed E-state index contributed by atoms with van der Waals surface area (Å²) in [6.45, 7) is 8.15. The molecule has 0 saturated carbocycles. The summed E-state index contributed by atoms with van der Waals surface area (Å²) < 4.78 is 0. The maximum absolute atomic E-state index is 5.72. The maximum atomic E-state index is 5.72. The fraction of sp³-hybridized carbons (Fsp3) is 0.300. The zero-order valence-corrected chi connectivity index (χ0v) is 8.80. The molecule has 0 aliphatic rings. The lowest BCUT2D eigenvalue weighted by Crippen LogP contribution is -2.02. The lowest BCUT2D eigenvalue weighted by molar-refractivity contribution is 1.20. The van der Waals surface area contributed by atoms with Gasteiger partial charge in [0.15, 0.2) is 0 Å². The molecule has 0 spiro atoms. The average molecular weight is 199 g/mol. The highest BCUT2D eigenvalue weighted by molar-refractivity contribution is 6.30. The van der Waals surface area contributed by atoms with Crippen LogP contribution < -0.4 is 5.73 Å². The molecule has 0 saturated heterocycles. The van der Waals surface area contributed by atoms with Crippen molar-refractivity contribution in [3.63, 3.8) is 0 Å². The Morgan fingerprint density at radius 2 is 2.23 bits per heavy atom. The van der Waals surface area contributed by atoms with E-state index in [-0.39, 0.29) is 0 Å². The van der Waals surface area contributed by atoms with Crippen LogP contribution in [0.5, 0.6) is 0 Å². The van der Waals surface area contributed by atoms with Crippen LogP contribution >= 0.6 is 11.6 Å². The van der Waals surface area contributed by atoms with Crippen molar-refractivity contribution in [2.75, 3.05) is 6.54 Å². The van der Waals surface area contributed by atoms with Gasteiger partial charge in [-0.3, -0.25) is 4.98 Å². The molecule has 1 aromatic heterocycles. The Hall–Kier alpha value is -0.860. The SMILES string of the molecule is C=C(CN)c1cc(Cl)ccn1.CC. The molecule has 1 aromatic rings. The first-order valence-corrected chi connectivity index (χ1v) is 4.61. The Bertz CT molecular complexity index is 271. The lowest BCUT2D eigenvalue weighted by atomic mass is 10.2. The van der Waals surface area contributed by atoms with Gasteiger partial charge in [-0.15, -0.1) is 0 Å². The van der Waals surface area contributed by atoms with Gasteiger partial charge in [-0.25, -0.2) is 0 Å². The van der Waals surface area contributed by atoms with Gasteiger partial charge in [-0.1, -0.05) is 32.0 Å². The molecule has 0 aliphatic carbocycles. The number of nitrogens with two attached hydrogens (primary N) is 1. The van der Waals surface area contributed by atoms with Crippen LogP contribution in [-0.4, -0.2) is 11.5 Å². The number of aromatic nitrogens is 1. The van der Waals surface area contributed by atoms with E-state index in [1.807, 2.05) is 13.8 Å². The van der Waals surface area contributed by atoms with Gasteiger partial charge in [0.05, 0.1) is 5.69 Å². The fourth-order valence-corrected chi connectivity index (χ4v) is 0.862. The molecular formula is C10H15ClN2. The largest absolute Gasteiger partial charge is 0.326 e. The third-order valence-corrected chi connectivity index (χ3v) is 1.57. The number of nitrogens with zero attached hydrogens (tertiary/aromatic N) is 1. The Labute approximate surface area is 84.4 Å². The lowest BCUT2D eigenvalue weighted by Gasteiger charge is -2.00. The first-order chi connectivity index (χ1) is 6.24. The van der Waals surface area contributed by atoms with Gasteiger partial charge in [-0.2, -0.15) is 0 Å². The molecule has 3 heteroatoms. The van der Waals surface area contributed by atoms with Crippen molar-refractivity contribution in [1.29, 1.82) is 0 Å². The predicted octanol–water partition coefficient (Wildman–Crippen LogP) is 2.73. The molecule has 0 unspecified atom stereocenters. The van der Waals surface area contributed by atoms with Crippen molar-refractivity contribution in [2.45, 2.75) is 13.8 Å². The van der Waals surface area contributed by atoms with Crippen molar-refractivity contribution in [3.05, 3.63) is 35.6 Å². The molecular weight excluding hydrogens is 184 g/mol. The smallest absolute Gasteiger partial charge is 0.0683 e. The molecule has 2 N–H and O–H groups in total. The van der Waals surface area contributed by atoms with E-state index in [9.17, 15) is 0 Å². The zero-order chi connectivity index (χ0) is 10.3. The van der Waals surface area contributed by atoms with Gasteiger partial charge in [0.25, 0.3) is 0 Å². The summed E-state index contributed by atoms with van der Waals surface area (Å²) in [5, 5.41) is 0.657. The van der Waals surface area contributed by atoms with Gasteiger partial charge in [-0.05, 0) is 17.7 Å². The van der Waals surface area contributed by atoms with Gasteiger partial charge in [0.1, 0.15) is 0 Å². The summed E-state index contributed by atoms with van der Waals surface area (Å²) in [5.74, 6) is 0. The highest BCUT2D eigenvalue weighted by atomic mass is 35.5. The number of rotatable bonds is 2. The van der Waals surface area contributed by atoms with E-state index in [4.69, 9.17) is 17.3 Å². The molecule has 13 heavy (non-hydrogen) atoms. The molecule has 1 rings (SSSR count). The Morgan fingerprint density at radius 3 is 2.69 bits per heavy atom. The highest BCUT2D eigenvalue weighted by Crippen LogP contribution is 2.13. The van der Waals surface area contributed by atoms with Gasteiger partial charge >= 0.3 is 0 Å². The van der Waals surface area contributed by atoms with E-state index in [1.165, 1.54) is 0 Å². The van der Waals surface area contributed by atoms with E-state index in [0.29, 0.717) is 11.6 Å². The van der Waals surface area contributed by atoms with Crippen molar-refractivity contribution in [1.82, 2.24) is 4.98 Å². The average Bonchev–Trinajstić information content (AvgIpc) is 2.20. The van der Waals surface area contributed by atoms with Crippen LogP contribution in [0.25, 0.3) is 5.57 Å². The molecule has 0 radical (unpaired) electrons. The maximum Gasteiger partial charge on any atom is 0.0683 e. The fourth-order valence-electron chi connectivity index (χ4n) is 0.703. The normalized spacial score (nSPS) is 8.62. The zero-order valence-electron chi connectivity index (χ0n) is 8.05. The summed E-state index contributed by atoms with van der Waals surface area (Å²) in [7, 11) is 0. The Balaban J connectivity index is 0.000000671. The molecule has 0 amide bonds. The quantitative estimate of drug-likeness (QED) is 0.794. The predicted molar refractivity (Wildman–Crippen MR) is 58.7 cm³/mol. The third kappa shape index (κ3) is 4.06. The second-order valence-corrected chi connectivity index (χ2v) is 2.60. The van der Waals surface area contributed by atoms with Crippen molar-refractivity contribution in [3.8, 4) is 0 Å². The first-order valence-electron chi connectivity index (χ1n) is 4.24. The van der Waals surface area contributed by atoms with Gasteiger partial charge < -0.3 is 5.73 Å². The topological polar surface area (TPSA) is 38.9 Å². The first kappa shape index (κ1) is 12.1. The van der Waals surface area contributed by atoms with Gasteiger partial charge in [0.2, 0.25) is 0 Å².